The van der Waals surface area contributed by atoms with E-state index in [2.05, 4.69) is 15.6 Å². The molecule has 6 heteroatoms. The van der Waals surface area contributed by atoms with Gasteiger partial charge in [-0.3, -0.25) is 14.6 Å². The van der Waals surface area contributed by atoms with Gasteiger partial charge in [-0.1, -0.05) is 18.2 Å². The molecule has 25 heavy (non-hydrogen) atoms. The van der Waals surface area contributed by atoms with Crippen LogP contribution in [0.25, 0.3) is 10.8 Å². The van der Waals surface area contributed by atoms with E-state index in [9.17, 15) is 9.59 Å². The van der Waals surface area contributed by atoms with Crippen molar-refractivity contribution in [1.29, 1.82) is 0 Å². The van der Waals surface area contributed by atoms with Crippen molar-refractivity contribution in [3.63, 3.8) is 0 Å². The van der Waals surface area contributed by atoms with Gasteiger partial charge in [0, 0.05) is 29.6 Å². The molecular formula is C19H19N3O2S. The van der Waals surface area contributed by atoms with E-state index < -0.39 is 0 Å². The summed E-state index contributed by atoms with van der Waals surface area (Å²) >= 11 is 1.39. The first kappa shape index (κ1) is 17.1. The Morgan fingerprint density at radius 1 is 1.20 bits per heavy atom. The van der Waals surface area contributed by atoms with Crippen molar-refractivity contribution in [3.05, 3.63) is 64.1 Å². The van der Waals surface area contributed by atoms with Crippen LogP contribution in [0.5, 0.6) is 0 Å². The largest absolute Gasteiger partial charge is 0.351 e. The Hall–Kier alpha value is -2.73. The van der Waals surface area contributed by atoms with Crippen LogP contribution in [0.15, 0.2) is 48.8 Å². The van der Waals surface area contributed by atoms with Crippen LogP contribution < -0.4 is 10.6 Å². The van der Waals surface area contributed by atoms with E-state index in [-0.39, 0.29) is 17.9 Å². The lowest BCUT2D eigenvalue weighted by Crippen LogP contribution is -2.26. The molecule has 0 bridgehead atoms. The molecular weight excluding hydrogens is 334 g/mol. The fourth-order valence-corrected chi connectivity index (χ4v) is 3.53. The molecule has 0 fully saturated rings. The van der Waals surface area contributed by atoms with Crippen LogP contribution in [-0.2, 0) is 11.3 Å². The number of pyridine rings is 1. The first-order chi connectivity index (χ1) is 12.0. The van der Waals surface area contributed by atoms with Gasteiger partial charge in [-0.25, -0.2) is 0 Å². The second-order valence-corrected chi connectivity index (χ2v) is 6.98. The lowest BCUT2D eigenvalue weighted by atomic mass is 10.0. The van der Waals surface area contributed by atoms with Crippen molar-refractivity contribution in [1.82, 2.24) is 15.6 Å². The molecule has 1 aromatic carbocycles. The first-order valence-corrected chi connectivity index (χ1v) is 8.83. The number of nitrogens with zero attached hydrogens (tertiary/aromatic N) is 1. The Balaban J connectivity index is 1.73. The highest BCUT2D eigenvalue weighted by molar-refractivity contribution is 7.14. The molecule has 0 unspecified atom stereocenters. The Labute approximate surface area is 150 Å². The number of nitrogens with one attached hydrogen (secondary N) is 2. The maximum absolute atomic E-state index is 12.5. The SMILES string of the molecule is CC(=O)NCc1ccc(C(=O)N[C@@H](C)c2cccc3cnccc23)s1. The predicted octanol–water partition coefficient (Wildman–Crippen LogP) is 3.42. The summed E-state index contributed by atoms with van der Waals surface area (Å²) in [6, 6.07) is 11.5. The molecule has 0 spiro atoms. The van der Waals surface area contributed by atoms with Crippen molar-refractivity contribution in [3.8, 4) is 0 Å². The number of carbonyl (C=O) groups is 2. The topological polar surface area (TPSA) is 71.1 Å². The fourth-order valence-electron chi connectivity index (χ4n) is 2.68. The molecule has 2 heterocycles. The second-order valence-electron chi connectivity index (χ2n) is 5.81. The summed E-state index contributed by atoms with van der Waals surface area (Å²) in [5.74, 6) is -0.198. The van der Waals surface area contributed by atoms with Crippen LogP contribution in [0.2, 0.25) is 0 Å². The lowest BCUT2D eigenvalue weighted by Gasteiger charge is -2.16. The fraction of sp³-hybridized carbons (Fsp3) is 0.211. The highest BCUT2D eigenvalue weighted by Crippen LogP contribution is 2.24. The maximum Gasteiger partial charge on any atom is 0.261 e. The number of hydrogen-bond donors (Lipinski definition) is 2. The molecule has 3 aromatic rings. The smallest absolute Gasteiger partial charge is 0.261 e. The van der Waals surface area contributed by atoms with Gasteiger partial charge in [-0.2, -0.15) is 0 Å². The van der Waals surface area contributed by atoms with Gasteiger partial charge in [0.25, 0.3) is 5.91 Å². The van der Waals surface area contributed by atoms with Crippen molar-refractivity contribution < 1.29 is 9.59 Å². The normalized spacial score (nSPS) is 11.9. The van der Waals surface area contributed by atoms with Gasteiger partial charge in [0.05, 0.1) is 17.5 Å². The minimum atomic E-state index is -0.125. The third kappa shape index (κ3) is 4.03. The molecule has 1 atom stereocenters. The molecule has 2 amide bonds. The van der Waals surface area contributed by atoms with Gasteiger partial charge in [0.2, 0.25) is 5.91 Å². The Morgan fingerprint density at radius 2 is 2.04 bits per heavy atom. The van der Waals surface area contributed by atoms with Crippen LogP contribution >= 0.6 is 11.3 Å². The average Bonchev–Trinajstić information content (AvgIpc) is 3.08. The summed E-state index contributed by atoms with van der Waals surface area (Å²) in [5.41, 5.74) is 1.06. The van der Waals surface area contributed by atoms with Gasteiger partial charge >= 0.3 is 0 Å². The monoisotopic (exact) mass is 353 g/mol. The second kappa shape index (κ2) is 7.44. The molecule has 0 saturated carbocycles. The number of fused-ring (bicyclic) bond motifs is 1. The molecule has 5 nitrogen and oxygen atoms in total. The molecule has 3 rings (SSSR count). The number of carbonyl (C=O) groups excluding carboxylic acids is 2. The Bertz CT molecular complexity index is 914. The Morgan fingerprint density at radius 3 is 2.84 bits per heavy atom. The van der Waals surface area contributed by atoms with E-state index in [4.69, 9.17) is 0 Å². The quantitative estimate of drug-likeness (QED) is 0.738. The summed E-state index contributed by atoms with van der Waals surface area (Å²) in [6.07, 6.45) is 3.58. The standard InChI is InChI=1S/C19H19N3O2S/c1-12(16-5-3-4-14-10-20-9-8-17(14)16)22-19(24)18-7-6-15(25-18)11-21-13(2)23/h3-10,12H,11H2,1-2H3,(H,21,23)(H,22,24)/t12-/m0/s1. The molecule has 2 N–H and O–H groups in total. The molecule has 0 aliphatic carbocycles. The summed E-state index contributed by atoms with van der Waals surface area (Å²) < 4.78 is 0. The molecule has 0 aliphatic heterocycles. The zero-order valence-electron chi connectivity index (χ0n) is 14.1. The summed E-state index contributed by atoms with van der Waals surface area (Å²) in [4.78, 5) is 29.2. The minimum absolute atomic E-state index is 0.0848. The van der Waals surface area contributed by atoms with Crippen molar-refractivity contribution in [2.75, 3.05) is 0 Å². The third-order valence-corrected chi connectivity index (χ3v) is 5.01. The van der Waals surface area contributed by atoms with E-state index in [0.717, 1.165) is 21.2 Å². The summed E-state index contributed by atoms with van der Waals surface area (Å²) in [5, 5.41) is 7.92. The number of rotatable bonds is 5. The van der Waals surface area contributed by atoms with Crippen molar-refractivity contribution in [2.45, 2.75) is 26.4 Å². The highest BCUT2D eigenvalue weighted by atomic mass is 32.1. The molecule has 128 valence electrons. The van der Waals surface area contributed by atoms with Crippen LogP contribution in [0, 0.1) is 0 Å². The van der Waals surface area contributed by atoms with Crippen LogP contribution in [0.3, 0.4) is 0 Å². The van der Waals surface area contributed by atoms with E-state index >= 15 is 0 Å². The van der Waals surface area contributed by atoms with E-state index in [1.165, 1.54) is 18.3 Å². The number of hydrogen-bond acceptors (Lipinski definition) is 4. The van der Waals surface area contributed by atoms with Gasteiger partial charge in [0.15, 0.2) is 0 Å². The molecule has 2 aromatic heterocycles. The van der Waals surface area contributed by atoms with E-state index in [0.29, 0.717) is 11.4 Å². The molecule has 0 radical (unpaired) electrons. The van der Waals surface area contributed by atoms with Crippen molar-refractivity contribution >= 4 is 33.9 Å². The molecule has 0 saturated heterocycles. The minimum Gasteiger partial charge on any atom is -0.351 e. The number of thiophene rings is 1. The van der Waals surface area contributed by atoms with Gasteiger partial charge < -0.3 is 10.6 Å². The van der Waals surface area contributed by atoms with Gasteiger partial charge in [-0.05, 0) is 36.1 Å². The van der Waals surface area contributed by atoms with E-state index in [1.807, 2.05) is 43.5 Å². The zero-order chi connectivity index (χ0) is 17.8. The predicted molar refractivity (Wildman–Crippen MR) is 99.5 cm³/mol. The lowest BCUT2D eigenvalue weighted by molar-refractivity contribution is -0.119. The zero-order valence-corrected chi connectivity index (χ0v) is 14.9. The van der Waals surface area contributed by atoms with Crippen LogP contribution in [0.1, 0.15) is 40.0 Å². The van der Waals surface area contributed by atoms with Crippen molar-refractivity contribution in [2.24, 2.45) is 0 Å². The highest BCUT2D eigenvalue weighted by Gasteiger charge is 2.15. The molecule has 0 aliphatic rings. The number of aromatic nitrogens is 1. The van der Waals surface area contributed by atoms with E-state index in [1.54, 1.807) is 12.3 Å². The first-order valence-electron chi connectivity index (χ1n) is 8.01. The number of benzene rings is 1. The third-order valence-electron chi connectivity index (χ3n) is 3.93. The van der Waals surface area contributed by atoms with Gasteiger partial charge in [-0.15, -0.1) is 11.3 Å². The summed E-state index contributed by atoms with van der Waals surface area (Å²) in [6.45, 7) is 3.89. The van der Waals surface area contributed by atoms with Crippen LogP contribution in [0.4, 0.5) is 0 Å². The van der Waals surface area contributed by atoms with Crippen LogP contribution in [-0.4, -0.2) is 16.8 Å². The summed E-state index contributed by atoms with van der Waals surface area (Å²) in [7, 11) is 0. The van der Waals surface area contributed by atoms with Gasteiger partial charge in [0.1, 0.15) is 0 Å². The maximum atomic E-state index is 12.5. The number of amides is 2. The Kier molecular flexibility index (Phi) is 5.09. The average molecular weight is 353 g/mol.